The fraction of sp³-hybridized carbons (Fsp3) is 0.143. The normalized spacial score (nSPS) is 12.3. The number of carboxylic acid groups (broad SMARTS) is 1. The van der Waals surface area contributed by atoms with Gasteiger partial charge < -0.3 is 21.1 Å². The summed E-state index contributed by atoms with van der Waals surface area (Å²) in [5.41, 5.74) is 6.26. The molecule has 5 N–H and O–H groups in total. The number of amides is 2. The first-order chi connectivity index (χ1) is 9.91. The number of carbonyl (C=O) groups is 3. The molecule has 2 aromatic rings. The Bertz CT molecular complexity index is 707. The number of primary amides is 1. The summed E-state index contributed by atoms with van der Waals surface area (Å²) in [6, 6.07) is 5.63. The predicted molar refractivity (Wildman–Crippen MR) is 75.1 cm³/mol. The molecular weight excluding hydrogens is 274 g/mol. The second-order valence-electron chi connectivity index (χ2n) is 4.50. The molecule has 0 aliphatic rings. The maximum Gasteiger partial charge on any atom is 0.318 e. The van der Waals surface area contributed by atoms with Crippen LogP contribution in [-0.4, -0.2) is 33.9 Å². The molecule has 109 valence electrons. The van der Waals surface area contributed by atoms with Crippen molar-refractivity contribution in [3.8, 4) is 0 Å². The number of hydrogen-bond acceptors (Lipinski definition) is 3. The number of nitrogens with two attached hydrogens (primary N) is 1. The van der Waals surface area contributed by atoms with Crippen LogP contribution in [0.1, 0.15) is 12.5 Å². The van der Waals surface area contributed by atoms with Crippen molar-refractivity contribution in [1.29, 1.82) is 0 Å². The minimum absolute atomic E-state index is 0.268. The molecule has 0 aliphatic heterocycles. The summed E-state index contributed by atoms with van der Waals surface area (Å²) < 4.78 is 0. The van der Waals surface area contributed by atoms with Gasteiger partial charge in [0.05, 0.1) is 0 Å². The number of carbonyl (C=O) groups excluding carboxylic acids is 2. The van der Waals surface area contributed by atoms with Gasteiger partial charge in [0.15, 0.2) is 0 Å². The zero-order valence-corrected chi connectivity index (χ0v) is 11.2. The highest BCUT2D eigenvalue weighted by Gasteiger charge is 2.37. The van der Waals surface area contributed by atoms with E-state index in [4.69, 9.17) is 5.73 Å². The molecule has 2 amide bonds. The second kappa shape index (κ2) is 5.66. The summed E-state index contributed by atoms with van der Waals surface area (Å²) in [6.45, 7) is 1.19. The van der Waals surface area contributed by atoms with Crippen molar-refractivity contribution < 1.29 is 19.5 Å². The quantitative estimate of drug-likeness (QED) is 0.625. The van der Waals surface area contributed by atoms with Crippen molar-refractivity contribution in [3.05, 3.63) is 41.9 Å². The molecule has 1 aromatic carbocycles. The molecule has 1 unspecified atom stereocenters. The summed E-state index contributed by atoms with van der Waals surface area (Å²) in [5, 5.41) is 12.3. The van der Waals surface area contributed by atoms with Crippen LogP contribution in [-0.2, 0) is 14.4 Å². The number of H-pyrrole nitrogens is 1. The van der Waals surface area contributed by atoms with Crippen LogP contribution in [0.4, 0.5) is 0 Å². The van der Waals surface area contributed by atoms with E-state index in [9.17, 15) is 19.5 Å². The van der Waals surface area contributed by atoms with E-state index < -0.39 is 23.8 Å². The highest BCUT2D eigenvalue weighted by molar-refractivity contribution is 6.04. The van der Waals surface area contributed by atoms with Crippen molar-refractivity contribution in [2.24, 2.45) is 5.73 Å². The first kappa shape index (κ1) is 14.6. The summed E-state index contributed by atoms with van der Waals surface area (Å²) >= 11 is 0. The Morgan fingerprint density at radius 3 is 2.52 bits per heavy atom. The SMILES string of the molecule is CC(=O)NC([C](C(=O)O)c1c[nH]c2ccccc12)C(N)=O. The lowest BCUT2D eigenvalue weighted by Crippen LogP contribution is -2.50. The van der Waals surface area contributed by atoms with Crippen LogP contribution in [0.5, 0.6) is 0 Å². The monoisotopic (exact) mass is 288 g/mol. The van der Waals surface area contributed by atoms with Crippen LogP contribution in [0.3, 0.4) is 0 Å². The average Bonchev–Trinajstić information content (AvgIpc) is 2.81. The Balaban J connectivity index is 2.54. The largest absolute Gasteiger partial charge is 0.480 e. The lowest BCUT2D eigenvalue weighted by Gasteiger charge is -2.20. The van der Waals surface area contributed by atoms with Crippen molar-refractivity contribution in [2.75, 3.05) is 0 Å². The van der Waals surface area contributed by atoms with Gasteiger partial charge in [0.2, 0.25) is 11.8 Å². The smallest absolute Gasteiger partial charge is 0.318 e. The number of fused-ring (bicyclic) bond motifs is 1. The molecule has 7 heteroatoms. The topological polar surface area (TPSA) is 125 Å². The molecule has 0 saturated heterocycles. The molecule has 0 bridgehead atoms. The van der Waals surface area contributed by atoms with E-state index in [-0.39, 0.29) is 5.92 Å². The third kappa shape index (κ3) is 2.86. The van der Waals surface area contributed by atoms with Crippen molar-refractivity contribution in [2.45, 2.75) is 13.0 Å². The van der Waals surface area contributed by atoms with E-state index in [2.05, 4.69) is 10.3 Å². The third-order valence-corrected chi connectivity index (χ3v) is 3.03. The molecule has 1 radical (unpaired) electrons. The van der Waals surface area contributed by atoms with Crippen LogP contribution < -0.4 is 11.1 Å². The van der Waals surface area contributed by atoms with Gasteiger partial charge in [-0.3, -0.25) is 14.4 Å². The highest BCUT2D eigenvalue weighted by Crippen LogP contribution is 2.27. The Hall–Kier alpha value is -2.83. The summed E-state index contributed by atoms with van der Waals surface area (Å²) in [4.78, 5) is 37.2. The molecule has 7 nitrogen and oxygen atoms in total. The minimum atomic E-state index is -1.40. The van der Waals surface area contributed by atoms with E-state index in [1.807, 2.05) is 0 Å². The van der Waals surface area contributed by atoms with Gasteiger partial charge in [-0.1, -0.05) is 18.2 Å². The van der Waals surface area contributed by atoms with E-state index in [0.29, 0.717) is 10.9 Å². The molecule has 0 fully saturated rings. The van der Waals surface area contributed by atoms with E-state index in [1.54, 1.807) is 24.3 Å². The van der Waals surface area contributed by atoms with Gasteiger partial charge >= 0.3 is 5.97 Å². The average molecular weight is 288 g/mol. The molecule has 21 heavy (non-hydrogen) atoms. The third-order valence-electron chi connectivity index (χ3n) is 3.03. The minimum Gasteiger partial charge on any atom is -0.480 e. The van der Waals surface area contributed by atoms with Crippen molar-refractivity contribution >= 4 is 28.7 Å². The number of hydrogen-bond donors (Lipinski definition) is 4. The van der Waals surface area contributed by atoms with Gasteiger partial charge in [0, 0.05) is 24.0 Å². The Kier molecular flexibility index (Phi) is 3.93. The predicted octanol–water partition coefficient (Wildman–Crippen LogP) is 0.165. The Morgan fingerprint density at radius 2 is 1.95 bits per heavy atom. The Labute approximate surface area is 120 Å². The van der Waals surface area contributed by atoms with Crippen LogP contribution >= 0.6 is 0 Å². The number of nitrogens with one attached hydrogen (secondary N) is 2. The molecule has 0 saturated carbocycles. The van der Waals surface area contributed by atoms with Gasteiger partial charge in [-0.25, -0.2) is 0 Å². The maximum atomic E-state index is 11.6. The number of para-hydroxylation sites is 1. The lowest BCUT2D eigenvalue weighted by molar-refractivity contribution is -0.137. The zero-order valence-electron chi connectivity index (χ0n) is 11.2. The van der Waals surface area contributed by atoms with Gasteiger partial charge in [-0.15, -0.1) is 0 Å². The number of carboxylic acids is 1. The van der Waals surface area contributed by atoms with E-state index in [1.165, 1.54) is 13.1 Å². The van der Waals surface area contributed by atoms with Gasteiger partial charge in [0.1, 0.15) is 12.0 Å². The van der Waals surface area contributed by atoms with Crippen LogP contribution in [0.2, 0.25) is 0 Å². The number of rotatable bonds is 5. The number of aromatic amines is 1. The van der Waals surface area contributed by atoms with Crippen molar-refractivity contribution in [1.82, 2.24) is 10.3 Å². The van der Waals surface area contributed by atoms with Gasteiger partial charge in [0.25, 0.3) is 0 Å². The van der Waals surface area contributed by atoms with E-state index >= 15 is 0 Å². The van der Waals surface area contributed by atoms with Crippen LogP contribution in [0.25, 0.3) is 10.9 Å². The first-order valence-electron chi connectivity index (χ1n) is 6.15. The van der Waals surface area contributed by atoms with E-state index in [0.717, 1.165) is 5.52 Å². The zero-order chi connectivity index (χ0) is 15.6. The first-order valence-corrected chi connectivity index (χ1v) is 6.15. The second-order valence-corrected chi connectivity index (χ2v) is 4.50. The highest BCUT2D eigenvalue weighted by atomic mass is 16.4. The fourth-order valence-electron chi connectivity index (χ4n) is 2.18. The fourth-order valence-corrected chi connectivity index (χ4v) is 2.18. The molecule has 1 atom stereocenters. The van der Waals surface area contributed by atoms with Crippen molar-refractivity contribution in [3.63, 3.8) is 0 Å². The summed E-state index contributed by atoms with van der Waals surface area (Å²) in [7, 11) is 0. The standard InChI is InChI=1S/C14H14N3O4/c1-7(18)17-12(13(15)19)11(14(20)21)9-6-16-10-5-3-2-4-8(9)10/h2-6,12,16H,1H3,(H2,15,19)(H,17,18)(H,20,21). The molecule has 1 aromatic heterocycles. The van der Waals surface area contributed by atoms with Gasteiger partial charge in [-0.2, -0.15) is 0 Å². The number of benzene rings is 1. The van der Waals surface area contributed by atoms with Gasteiger partial charge in [-0.05, 0) is 11.6 Å². The summed E-state index contributed by atoms with van der Waals surface area (Å²) in [5.74, 6) is -3.07. The molecular formula is C14H14N3O4. The van der Waals surface area contributed by atoms with Crippen LogP contribution in [0, 0.1) is 5.92 Å². The maximum absolute atomic E-state index is 11.6. The van der Waals surface area contributed by atoms with Crippen LogP contribution in [0.15, 0.2) is 30.5 Å². The molecule has 1 heterocycles. The lowest BCUT2D eigenvalue weighted by atomic mass is 9.90. The number of aromatic nitrogens is 1. The molecule has 0 spiro atoms. The number of aliphatic carboxylic acids is 1. The molecule has 2 rings (SSSR count). The Morgan fingerprint density at radius 1 is 1.29 bits per heavy atom. The summed E-state index contributed by atoms with van der Waals surface area (Å²) in [6.07, 6.45) is 1.48. The molecule has 0 aliphatic carbocycles.